The van der Waals surface area contributed by atoms with Gasteiger partial charge in [-0.15, -0.1) is 0 Å². The van der Waals surface area contributed by atoms with E-state index in [2.05, 4.69) is 64.4 Å². The van der Waals surface area contributed by atoms with E-state index in [1.165, 1.54) is 19.8 Å². The highest BCUT2D eigenvalue weighted by atomic mass is 16.5. The zero-order chi connectivity index (χ0) is 37.7. The number of fused-ring (bicyclic) bond motifs is 2. The zero-order valence-corrected chi connectivity index (χ0v) is 32.8. The van der Waals surface area contributed by atoms with Crippen LogP contribution in [0.2, 0.25) is 0 Å². The first-order valence-electron chi connectivity index (χ1n) is 18.5. The Balaban J connectivity index is 0.000000796. The Kier molecular flexibility index (Phi) is 24.1. The van der Waals surface area contributed by atoms with Crippen LogP contribution in [-0.2, 0) is 33.4 Å². The summed E-state index contributed by atoms with van der Waals surface area (Å²) >= 11 is 0. The molecule has 2 saturated heterocycles. The minimum absolute atomic E-state index is 0.00633. The van der Waals surface area contributed by atoms with Crippen molar-refractivity contribution in [1.29, 1.82) is 0 Å². The Labute approximate surface area is 297 Å². The Morgan fingerprint density at radius 1 is 0.980 bits per heavy atom. The van der Waals surface area contributed by atoms with Gasteiger partial charge in [0, 0.05) is 33.9 Å². The molecule has 0 radical (unpaired) electrons. The lowest BCUT2D eigenvalue weighted by Crippen LogP contribution is -2.53. The first kappa shape index (κ1) is 46.4. The predicted octanol–water partition coefficient (Wildman–Crippen LogP) is 3.95. The first-order valence-corrected chi connectivity index (χ1v) is 18.5. The molecule has 3 N–H and O–H groups in total. The molecule has 0 aromatic heterocycles. The number of carbonyl (C=O) groups excluding carboxylic acids is 5. The minimum atomic E-state index is -0.340. The Morgan fingerprint density at radius 2 is 1.61 bits per heavy atom. The molecule has 3 rings (SSSR count). The predicted molar refractivity (Wildman–Crippen MR) is 195 cm³/mol. The van der Waals surface area contributed by atoms with E-state index in [4.69, 9.17) is 9.47 Å². The fraction of sp³-hybridized carbons (Fsp3) is 0.865. The summed E-state index contributed by atoms with van der Waals surface area (Å²) in [5.74, 6) is 1.11. The van der Waals surface area contributed by atoms with E-state index in [0.717, 1.165) is 51.5 Å². The van der Waals surface area contributed by atoms with Crippen LogP contribution in [-0.4, -0.2) is 117 Å². The largest absolute Gasteiger partial charge is 0.379 e. The van der Waals surface area contributed by atoms with Crippen molar-refractivity contribution >= 4 is 30.4 Å². The third-order valence-corrected chi connectivity index (χ3v) is 9.92. The molecule has 0 spiro atoms. The highest BCUT2D eigenvalue weighted by Gasteiger charge is 2.43. The molecule has 1 saturated carbocycles. The van der Waals surface area contributed by atoms with Gasteiger partial charge >= 0.3 is 0 Å². The van der Waals surface area contributed by atoms with E-state index in [1.807, 2.05) is 11.9 Å². The molecule has 49 heavy (non-hydrogen) atoms. The van der Waals surface area contributed by atoms with E-state index in [-0.39, 0.29) is 54.5 Å². The molecule has 2 bridgehead atoms. The molecule has 1 aliphatic carbocycles. The number of ketones is 1. The van der Waals surface area contributed by atoms with Crippen LogP contribution in [0.1, 0.15) is 114 Å². The summed E-state index contributed by atoms with van der Waals surface area (Å²) in [6.07, 6.45) is 10.3. The molecule has 0 aromatic rings. The van der Waals surface area contributed by atoms with Crippen molar-refractivity contribution in [1.82, 2.24) is 25.8 Å². The van der Waals surface area contributed by atoms with Crippen molar-refractivity contribution in [2.24, 2.45) is 17.8 Å². The molecule has 12 heteroatoms. The van der Waals surface area contributed by atoms with E-state index in [0.29, 0.717) is 36.2 Å². The fourth-order valence-electron chi connectivity index (χ4n) is 6.89. The Bertz CT molecular complexity index is 963. The van der Waals surface area contributed by atoms with Crippen LogP contribution in [0.15, 0.2) is 0 Å². The van der Waals surface area contributed by atoms with E-state index < -0.39 is 0 Å². The van der Waals surface area contributed by atoms with Gasteiger partial charge in [0.2, 0.25) is 24.6 Å². The molecule has 286 valence electrons. The molecular weight excluding hydrogens is 626 g/mol. The zero-order valence-electron chi connectivity index (χ0n) is 32.8. The van der Waals surface area contributed by atoms with Gasteiger partial charge in [0.05, 0.1) is 42.9 Å². The number of carbonyl (C=O) groups is 5. The SMILES string of the molecule is CC(=O)[C@H](C)NC=O.CCC.CCC(C)C(C(CC)OC)N(C)C(=O)CNC(=O)C1NC2CCC1C2.COC(C(C)C)C1CCCN1C=O. The molecule has 2 aliphatic heterocycles. The van der Waals surface area contributed by atoms with Crippen LogP contribution in [0, 0.1) is 17.8 Å². The summed E-state index contributed by atoms with van der Waals surface area (Å²) in [5.41, 5.74) is 0. The Morgan fingerprint density at radius 3 is 2.00 bits per heavy atom. The van der Waals surface area contributed by atoms with Crippen LogP contribution in [0.3, 0.4) is 0 Å². The summed E-state index contributed by atoms with van der Waals surface area (Å²) < 4.78 is 11.0. The molecule has 12 nitrogen and oxygen atoms in total. The van der Waals surface area contributed by atoms with Crippen molar-refractivity contribution in [3.63, 3.8) is 0 Å². The van der Waals surface area contributed by atoms with Gasteiger partial charge in [-0.2, -0.15) is 0 Å². The highest BCUT2D eigenvalue weighted by molar-refractivity contribution is 5.88. The second-order valence-corrected chi connectivity index (χ2v) is 14.0. The average Bonchev–Trinajstić information content (AvgIpc) is 3.85. The minimum Gasteiger partial charge on any atom is -0.379 e. The molecular formula is C37H71N5O7. The molecule has 3 fully saturated rings. The van der Waals surface area contributed by atoms with Gasteiger partial charge in [-0.3, -0.25) is 24.0 Å². The van der Waals surface area contributed by atoms with Crippen molar-refractivity contribution in [3.8, 4) is 0 Å². The standard InChI is InChI=1S/C19H35N3O3.C10H19NO2.C5H9NO2.C3H8/c1-6-12(3)18(15(7-2)25-5)22(4)16(23)11-20-19(24)17-13-8-9-14(10-13)21-17;1-8(2)10(13-3)9-5-4-6-11(9)7-12;1-4(5(2)8)6-3-7;1-3-2/h12-15,17-18,21H,6-11H2,1-5H3,(H,20,24);7-10H,4-6H2,1-3H3;3-4H,1-2H3,(H,6,7);3H2,1-2H3/t;;4-;/m..0./s1. The molecule has 3 aliphatic rings. The first-order chi connectivity index (χ1) is 23.2. The summed E-state index contributed by atoms with van der Waals surface area (Å²) in [5, 5.41) is 8.53. The lowest BCUT2D eigenvalue weighted by Gasteiger charge is -2.37. The van der Waals surface area contributed by atoms with Gasteiger partial charge in [-0.25, -0.2) is 0 Å². The number of hydrogen-bond donors (Lipinski definition) is 3. The van der Waals surface area contributed by atoms with Crippen molar-refractivity contribution < 1.29 is 33.4 Å². The lowest BCUT2D eigenvalue weighted by molar-refractivity contribution is -0.138. The molecule has 8 unspecified atom stereocenters. The van der Waals surface area contributed by atoms with Gasteiger partial charge in [0.15, 0.2) is 5.78 Å². The van der Waals surface area contributed by atoms with Gasteiger partial charge < -0.3 is 35.2 Å². The van der Waals surface area contributed by atoms with Crippen molar-refractivity contribution in [2.75, 3.05) is 34.4 Å². The highest BCUT2D eigenvalue weighted by Crippen LogP contribution is 2.35. The van der Waals surface area contributed by atoms with Crippen LogP contribution in [0.5, 0.6) is 0 Å². The van der Waals surface area contributed by atoms with Gasteiger partial charge in [0.25, 0.3) is 0 Å². The number of Topliss-reactive ketones (excluding diaryl/α,β-unsaturated/α-hetero) is 1. The van der Waals surface area contributed by atoms with E-state index >= 15 is 0 Å². The second-order valence-electron chi connectivity index (χ2n) is 14.0. The number of methoxy groups -OCH3 is 2. The number of ether oxygens (including phenoxy) is 2. The number of piperidine rings is 1. The van der Waals surface area contributed by atoms with Crippen LogP contribution >= 0.6 is 0 Å². The van der Waals surface area contributed by atoms with Crippen LogP contribution in [0.25, 0.3) is 0 Å². The monoisotopic (exact) mass is 698 g/mol. The molecule has 9 atom stereocenters. The Hall–Kier alpha value is -2.57. The maximum Gasteiger partial charge on any atom is 0.242 e. The summed E-state index contributed by atoms with van der Waals surface area (Å²) in [7, 11) is 5.25. The summed E-state index contributed by atoms with van der Waals surface area (Å²) in [4.78, 5) is 59.4. The van der Waals surface area contributed by atoms with E-state index in [1.54, 1.807) is 26.0 Å². The smallest absolute Gasteiger partial charge is 0.242 e. The maximum atomic E-state index is 12.7. The van der Waals surface area contributed by atoms with Crippen molar-refractivity contribution in [2.45, 2.75) is 156 Å². The molecule has 0 aromatic carbocycles. The second kappa shape index (κ2) is 25.4. The number of nitrogens with one attached hydrogen (secondary N) is 3. The number of likely N-dealkylation sites (N-methyl/N-ethyl adjacent to an activating group) is 1. The van der Waals surface area contributed by atoms with Crippen LogP contribution < -0.4 is 16.0 Å². The third kappa shape index (κ3) is 15.5. The number of likely N-dealkylation sites (tertiary alicyclic amines) is 1. The number of rotatable bonds is 16. The summed E-state index contributed by atoms with van der Waals surface area (Å²) in [6.45, 7) is 18.9. The molecule has 4 amide bonds. The van der Waals surface area contributed by atoms with Gasteiger partial charge in [-0.05, 0) is 70.1 Å². The van der Waals surface area contributed by atoms with Crippen molar-refractivity contribution in [3.05, 3.63) is 0 Å². The topological polar surface area (TPSA) is 146 Å². The van der Waals surface area contributed by atoms with E-state index in [9.17, 15) is 24.0 Å². The van der Waals surface area contributed by atoms with Gasteiger partial charge in [-0.1, -0.05) is 61.3 Å². The number of amides is 4. The maximum absolute atomic E-state index is 12.7. The lowest BCUT2D eigenvalue weighted by atomic mass is 9.91. The van der Waals surface area contributed by atoms with Gasteiger partial charge in [0.1, 0.15) is 0 Å². The van der Waals surface area contributed by atoms with Crippen LogP contribution in [0.4, 0.5) is 0 Å². The number of hydrogen-bond acceptors (Lipinski definition) is 8. The fourth-order valence-corrected chi connectivity index (χ4v) is 6.89. The summed E-state index contributed by atoms with van der Waals surface area (Å²) in [6, 6.07) is 0.338. The third-order valence-electron chi connectivity index (χ3n) is 9.92. The quantitative estimate of drug-likeness (QED) is 0.206. The molecule has 2 heterocycles. The normalized spacial score (nSPS) is 23.6. The number of nitrogens with zero attached hydrogens (tertiary/aromatic N) is 2. The average molecular weight is 698 g/mol.